The zero-order valence-corrected chi connectivity index (χ0v) is 30.3. The molecule has 4 aromatic rings. The first-order valence-corrected chi connectivity index (χ1v) is 16.6. The molecule has 1 amide bonds. The molecule has 264 valence electrons. The van der Waals surface area contributed by atoms with Crippen molar-refractivity contribution in [2.24, 2.45) is 0 Å². The van der Waals surface area contributed by atoms with Crippen molar-refractivity contribution in [3.05, 3.63) is 94.8 Å². The fourth-order valence-corrected chi connectivity index (χ4v) is 5.12. The van der Waals surface area contributed by atoms with Gasteiger partial charge in [-0.05, 0) is 102 Å². The number of rotatable bonds is 14. The van der Waals surface area contributed by atoms with Crippen molar-refractivity contribution in [3.63, 3.8) is 0 Å². The molecule has 0 fully saturated rings. The van der Waals surface area contributed by atoms with Crippen LogP contribution in [0.2, 0.25) is 5.02 Å². The molecule has 1 aromatic heterocycles. The Labute approximate surface area is 298 Å². The van der Waals surface area contributed by atoms with Gasteiger partial charge in [0.25, 0.3) is 5.91 Å². The summed E-state index contributed by atoms with van der Waals surface area (Å²) < 4.78 is 16.8. The minimum absolute atomic E-state index is 0.199. The molecule has 11 nitrogen and oxygen atoms in total. The molecule has 0 aliphatic rings. The smallest absolute Gasteiger partial charge is 0.306 e. The van der Waals surface area contributed by atoms with Gasteiger partial charge >= 0.3 is 5.97 Å². The minimum atomic E-state index is -0.583. The second-order valence-corrected chi connectivity index (χ2v) is 14.0. The van der Waals surface area contributed by atoms with E-state index in [1.807, 2.05) is 70.7 Å². The highest BCUT2D eigenvalue weighted by Crippen LogP contribution is 2.34. The second kappa shape index (κ2) is 16.5. The van der Waals surface area contributed by atoms with E-state index < -0.39 is 5.60 Å². The van der Waals surface area contributed by atoms with E-state index in [2.05, 4.69) is 20.6 Å². The molecule has 0 aliphatic carbocycles. The Morgan fingerprint density at radius 3 is 2.32 bits per heavy atom. The quantitative estimate of drug-likeness (QED) is 0.0981. The highest BCUT2D eigenvalue weighted by molar-refractivity contribution is 6.32. The van der Waals surface area contributed by atoms with E-state index in [4.69, 9.17) is 25.8 Å². The fourth-order valence-electron chi connectivity index (χ4n) is 4.90. The van der Waals surface area contributed by atoms with Crippen molar-refractivity contribution < 1.29 is 28.6 Å². The molecule has 3 aromatic carbocycles. The van der Waals surface area contributed by atoms with E-state index >= 15 is 0 Å². The molecule has 0 spiro atoms. The summed E-state index contributed by atoms with van der Waals surface area (Å²) in [5.74, 6) is 1.71. The van der Waals surface area contributed by atoms with Gasteiger partial charge in [0, 0.05) is 36.3 Å². The van der Waals surface area contributed by atoms with Crippen LogP contribution in [0.5, 0.6) is 17.2 Å². The molecule has 12 heteroatoms. The molecule has 0 unspecified atom stereocenters. The minimum Gasteiger partial charge on any atom is -0.497 e. The van der Waals surface area contributed by atoms with Crippen LogP contribution in [-0.4, -0.2) is 52.9 Å². The maximum atomic E-state index is 12.6. The molecular formula is C38H44ClN5O6. The van der Waals surface area contributed by atoms with Crippen LogP contribution in [-0.2, 0) is 16.1 Å². The number of halogens is 1. The number of carbonyl (C=O) groups is 3. The van der Waals surface area contributed by atoms with Crippen molar-refractivity contribution >= 4 is 47.1 Å². The third-order valence-corrected chi connectivity index (χ3v) is 7.34. The van der Waals surface area contributed by atoms with Crippen LogP contribution in [0.15, 0.2) is 73.1 Å². The lowest BCUT2D eigenvalue weighted by molar-refractivity contribution is -0.154. The van der Waals surface area contributed by atoms with Gasteiger partial charge in [-0.1, -0.05) is 29.8 Å². The van der Waals surface area contributed by atoms with Crippen LogP contribution in [0.25, 0.3) is 0 Å². The zero-order valence-electron chi connectivity index (χ0n) is 29.5. The molecule has 1 heterocycles. The van der Waals surface area contributed by atoms with Crippen molar-refractivity contribution in [1.82, 2.24) is 15.3 Å². The Bertz CT molecular complexity index is 1800. The third-order valence-electron chi connectivity index (χ3n) is 7.05. The maximum absolute atomic E-state index is 12.6. The summed E-state index contributed by atoms with van der Waals surface area (Å²) in [4.78, 5) is 48.4. The topological polar surface area (TPSA) is 132 Å². The molecule has 0 aliphatic heterocycles. The molecule has 0 atom stereocenters. The summed E-state index contributed by atoms with van der Waals surface area (Å²) in [7, 11) is 1.60. The highest BCUT2D eigenvalue weighted by Gasteiger charge is 2.21. The second-order valence-electron chi connectivity index (χ2n) is 13.6. The number of methoxy groups -OCH3 is 1. The van der Waals surface area contributed by atoms with E-state index in [-0.39, 0.29) is 35.2 Å². The van der Waals surface area contributed by atoms with Gasteiger partial charge in [0.1, 0.15) is 40.8 Å². The van der Waals surface area contributed by atoms with Crippen LogP contribution in [0.3, 0.4) is 0 Å². The van der Waals surface area contributed by atoms with Crippen molar-refractivity contribution in [2.45, 2.75) is 72.1 Å². The number of hydrogen-bond donors (Lipinski definition) is 2. The van der Waals surface area contributed by atoms with Crippen molar-refractivity contribution in [3.8, 4) is 17.2 Å². The number of hydrogen-bond acceptors (Lipinski definition) is 10. The molecule has 50 heavy (non-hydrogen) atoms. The van der Waals surface area contributed by atoms with E-state index in [0.717, 1.165) is 11.3 Å². The summed E-state index contributed by atoms with van der Waals surface area (Å²) in [6, 6.07) is 19.5. The Balaban J connectivity index is 1.54. The number of benzene rings is 3. The Morgan fingerprint density at radius 1 is 0.940 bits per heavy atom. The largest absolute Gasteiger partial charge is 0.497 e. The van der Waals surface area contributed by atoms with Crippen molar-refractivity contribution in [1.29, 1.82) is 0 Å². The van der Waals surface area contributed by atoms with Crippen LogP contribution >= 0.6 is 11.6 Å². The van der Waals surface area contributed by atoms with Gasteiger partial charge < -0.3 is 29.7 Å². The highest BCUT2D eigenvalue weighted by atomic mass is 35.5. The first-order valence-electron chi connectivity index (χ1n) is 16.2. The Morgan fingerprint density at radius 2 is 1.68 bits per heavy atom. The molecule has 0 saturated heterocycles. The van der Waals surface area contributed by atoms with Gasteiger partial charge in [0.2, 0.25) is 0 Å². The lowest BCUT2D eigenvalue weighted by atomic mass is 10.1. The number of amides is 1. The molecular weight excluding hydrogens is 658 g/mol. The number of nitrogens with zero attached hydrogens (tertiary/aromatic N) is 3. The summed E-state index contributed by atoms with van der Waals surface area (Å²) in [5.41, 5.74) is 1.24. The number of esters is 1. The number of aromatic nitrogens is 2. The first kappa shape index (κ1) is 37.7. The van der Waals surface area contributed by atoms with E-state index in [1.54, 1.807) is 49.6 Å². The molecule has 2 N–H and O–H groups in total. The van der Waals surface area contributed by atoms with E-state index in [0.29, 0.717) is 59.4 Å². The summed E-state index contributed by atoms with van der Waals surface area (Å²) in [5, 5.41) is 6.42. The van der Waals surface area contributed by atoms with Gasteiger partial charge in [-0.3, -0.25) is 14.4 Å². The standard InChI is InChI=1S/C38H44ClN5O6/c1-37(2,3)43-36(47)26-10-8-11-29(20-26)49-32-18-15-27(21-31(32)39)42-34-30(23-45)35(41-24-40-34)44(19-9-12-33(46)50-38(4,5)6)22-25-13-16-28(48-7)17-14-25/h8,10-11,13-18,20-21,23-24H,9,12,19,22H2,1-7H3,(H,43,47)(H,40,41,42). The lowest BCUT2D eigenvalue weighted by Crippen LogP contribution is -2.40. The van der Waals surface area contributed by atoms with Crippen LogP contribution in [0, 0.1) is 0 Å². The maximum Gasteiger partial charge on any atom is 0.306 e. The number of carbonyl (C=O) groups excluding carboxylic acids is 3. The summed E-state index contributed by atoms with van der Waals surface area (Å²) >= 11 is 6.62. The molecule has 0 radical (unpaired) electrons. The zero-order chi connectivity index (χ0) is 36.5. The first-order chi connectivity index (χ1) is 23.6. The number of ether oxygens (including phenoxy) is 3. The number of anilines is 3. The fraction of sp³-hybridized carbons (Fsp3) is 0.342. The van der Waals surface area contributed by atoms with Gasteiger partial charge in [-0.25, -0.2) is 9.97 Å². The average molecular weight is 702 g/mol. The van der Waals surface area contributed by atoms with Gasteiger partial charge in [-0.2, -0.15) is 0 Å². The Kier molecular flexibility index (Phi) is 12.4. The summed E-state index contributed by atoms with van der Waals surface area (Å²) in [6.07, 6.45) is 2.75. The van der Waals surface area contributed by atoms with Crippen molar-refractivity contribution in [2.75, 3.05) is 23.9 Å². The van der Waals surface area contributed by atoms with E-state index in [1.165, 1.54) is 6.33 Å². The molecule has 4 rings (SSSR count). The normalized spacial score (nSPS) is 11.4. The van der Waals surface area contributed by atoms with Gasteiger partial charge in [-0.15, -0.1) is 0 Å². The monoisotopic (exact) mass is 701 g/mol. The number of aldehydes is 1. The third kappa shape index (κ3) is 11.2. The van der Waals surface area contributed by atoms with Gasteiger partial charge in [0.15, 0.2) is 6.29 Å². The summed E-state index contributed by atoms with van der Waals surface area (Å²) in [6.45, 7) is 12.0. The lowest BCUT2D eigenvalue weighted by Gasteiger charge is -2.26. The SMILES string of the molecule is COc1ccc(CN(CCCC(=O)OC(C)(C)C)c2ncnc(Nc3ccc(Oc4cccc(C(=O)NC(C)(C)C)c4)c(Cl)c3)c2C=O)cc1. The van der Waals surface area contributed by atoms with Gasteiger partial charge in [0.05, 0.1) is 17.7 Å². The molecule has 0 saturated carbocycles. The van der Waals surface area contributed by atoms with Crippen LogP contribution < -0.4 is 25.0 Å². The molecule has 0 bridgehead atoms. The predicted octanol–water partition coefficient (Wildman–Crippen LogP) is 8.14. The Hall–Kier alpha value is -5.16. The van der Waals surface area contributed by atoms with Crippen LogP contribution in [0.1, 0.15) is 80.7 Å². The average Bonchev–Trinajstić information content (AvgIpc) is 3.04. The van der Waals surface area contributed by atoms with E-state index in [9.17, 15) is 14.4 Å². The predicted molar refractivity (Wildman–Crippen MR) is 195 cm³/mol. The number of nitrogens with one attached hydrogen (secondary N) is 2. The van der Waals surface area contributed by atoms with Crippen LogP contribution in [0.4, 0.5) is 17.3 Å².